The van der Waals surface area contributed by atoms with Gasteiger partial charge in [-0.2, -0.15) is 0 Å². The fourth-order valence-electron chi connectivity index (χ4n) is 2.73. The monoisotopic (exact) mass is 257 g/mol. The molecular weight excluding hydrogens is 238 g/mol. The number of carbonyl (C=O) groups is 1. The fourth-order valence-corrected chi connectivity index (χ4v) is 2.73. The highest BCUT2D eigenvalue weighted by Crippen LogP contribution is 2.18. The number of aromatic amines is 1. The number of carbonyl (C=O) groups excluding carboxylic acids is 1. The van der Waals surface area contributed by atoms with E-state index in [0.29, 0.717) is 6.04 Å². The Balaban J connectivity index is 1.76. The van der Waals surface area contributed by atoms with Crippen LogP contribution in [0.3, 0.4) is 0 Å². The number of amides is 1. The zero-order valence-corrected chi connectivity index (χ0v) is 11.1. The number of benzene rings is 1. The average molecular weight is 257 g/mol. The van der Waals surface area contributed by atoms with Crippen molar-refractivity contribution < 1.29 is 4.79 Å². The molecule has 0 radical (unpaired) electrons. The summed E-state index contributed by atoms with van der Waals surface area (Å²) in [6.45, 7) is 1.68. The van der Waals surface area contributed by atoms with Gasteiger partial charge in [-0.1, -0.05) is 6.07 Å². The maximum Gasteiger partial charge on any atom is 0.253 e. The van der Waals surface area contributed by atoms with Gasteiger partial charge in [0, 0.05) is 36.4 Å². The van der Waals surface area contributed by atoms with Crippen LogP contribution in [0.1, 0.15) is 23.2 Å². The molecule has 0 unspecified atom stereocenters. The SMILES string of the molecule is CNC1CCN(C(=O)c2ccc3cc[nH]c3c2)CC1. The molecule has 3 rings (SSSR count). The van der Waals surface area contributed by atoms with Crippen LogP contribution in [0.15, 0.2) is 30.5 Å². The van der Waals surface area contributed by atoms with Crippen LogP contribution in [0.5, 0.6) is 0 Å². The number of aromatic nitrogens is 1. The number of likely N-dealkylation sites (tertiary alicyclic amines) is 1. The van der Waals surface area contributed by atoms with Crippen LogP contribution in [0, 0.1) is 0 Å². The molecule has 19 heavy (non-hydrogen) atoms. The maximum absolute atomic E-state index is 12.5. The number of hydrogen-bond acceptors (Lipinski definition) is 2. The third-order valence-electron chi connectivity index (χ3n) is 3.99. The van der Waals surface area contributed by atoms with Crippen molar-refractivity contribution >= 4 is 16.8 Å². The first kappa shape index (κ1) is 12.2. The second-order valence-corrected chi connectivity index (χ2v) is 5.13. The molecule has 1 aromatic carbocycles. The predicted molar refractivity (Wildman–Crippen MR) is 76.3 cm³/mol. The van der Waals surface area contributed by atoms with Gasteiger partial charge in [-0.05, 0) is 43.5 Å². The van der Waals surface area contributed by atoms with E-state index >= 15 is 0 Å². The fraction of sp³-hybridized carbons (Fsp3) is 0.400. The predicted octanol–water partition coefficient (Wildman–Crippen LogP) is 1.99. The third-order valence-corrected chi connectivity index (χ3v) is 3.99. The van der Waals surface area contributed by atoms with E-state index in [2.05, 4.69) is 10.3 Å². The van der Waals surface area contributed by atoms with Gasteiger partial charge in [-0.3, -0.25) is 4.79 Å². The molecule has 1 aromatic heterocycles. The summed E-state index contributed by atoms with van der Waals surface area (Å²) in [6.07, 6.45) is 3.97. The van der Waals surface area contributed by atoms with E-state index in [1.807, 2.05) is 42.4 Å². The zero-order chi connectivity index (χ0) is 13.2. The topological polar surface area (TPSA) is 48.1 Å². The Morgan fingerprint density at radius 2 is 2.11 bits per heavy atom. The number of nitrogens with one attached hydrogen (secondary N) is 2. The lowest BCUT2D eigenvalue weighted by atomic mass is 10.0. The smallest absolute Gasteiger partial charge is 0.253 e. The second kappa shape index (κ2) is 5.05. The molecule has 2 heterocycles. The Labute approximate surface area is 112 Å². The lowest BCUT2D eigenvalue weighted by Crippen LogP contribution is -2.43. The minimum absolute atomic E-state index is 0.144. The first-order valence-corrected chi connectivity index (χ1v) is 6.81. The summed E-state index contributed by atoms with van der Waals surface area (Å²) in [5.41, 5.74) is 1.80. The van der Waals surface area contributed by atoms with Gasteiger partial charge in [0.15, 0.2) is 0 Å². The molecular formula is C15H19N3O. The molecule has 0 atom stereocenters. The average Bonchev–Trinajstić information content (AvgIpc) is 2.94. The normalized spacial score (nSPS) is 17.0. The molecule has 1 fully saturated rings. The van der Waals surface area contributed by atoms with Gasteiger partial charge >= 0.3 is 0 Å². The van der Waals surface area contributed by atoms with Gasteiger partial charge < -0.3 is 15.2 Å². The van der Waals surface area contributed by atoms with Gasteiger partial charge in [-0.15, -0.1) is 0 Å². The summed E-state index contributed by atoms with van der Waals surface area (Å²) in [4.78, 5) is 17.6. The lowest BCUT2D eigenvalue weighted by Gasteiger charge is -2.31. The van der Waals surface area contributed by atoms with Crippen molar-refractivity contribution in [2.75, 3.05) is 20.1 Å². The highest BCUT2D eigenvalue weighted by molar-refractivity contribution is 5.97. The summed E-state index contributed by atoms with van der Waals surface area (Å²) < 4.78 is 0. The summed E-state index contributed by atoms with van der Waals surface area (Å²) in [5, 5.41) is 4.42. The van der Waals surface area contributed by atoms with Crippen LogP contribution in [-0.4, -0.2) is 42.0 Å². The first-order chi connectivity index (χ1) is 9.28. The zero-order valence-electron chi connectivity index (χ0n) is 11.1. The number of fused-ring (bicyclic) bond motifs is 1. The van der Waals surface area contributed by atoms with Crippen molar-refractivity contribution in [1.29, 1.82) is 0 Å². The van der Waals surface area contributed by atoms with Crippen LogP contribution >= 0.6 is 0 Å². The number of H-pyrrole nitrogens is 1. The molecule has 1 amide bonds. The van der Waals surface area contributed by atoms with Crippen LogP contribution < -0.4 is 5.32 Å². The van der Waals surface area contributed by atoms with Gasteiger partial charge in [-0.25, -0.2) is 0 Å². The Kier molecular flexibility index (Phi) is 3.25. The van der Waals surface area contributed by atoms with E-state index in [1.165, 1.54) is 0 Å². The van der Waals surface area contributed by atoms with Crippen LogP contribution in [0.4, 0.5) is 0 Å². The molecule has 0 spiro atoms. The molecule has 1 saturated heterocycles. The standard InChI is InChI=1S/C15H19N3O/c1-16-13-5-8-18(9-6-13)15(19)12-3-2-11-4-7-17-14(11)10-12/h2-4,7,10,13,16-17H,5-6,8-9H2,1H3. The van der Waals surface area contributed by atoms with Crippen LogP contribution in [0.2, 0.25) is 0 Å². The summed E-state index contributed by atoms with van der Waals surface area (Å²) in [6, 6.07) is 8.43. The number of rotatable bonds is 2. The number of piperidine rings is 1. The van der Waals surface area contributed by atoms with E-state index in [0.717, 1.165) is 42.4 Å². The maximum atomic E-state index is 12.5. The largest absolute Gasteiger partial charge is 0.361 e. The van der Waals surface area contributed by atoms with Gasteiger partial charge in [0.2, 0.25) is 0 Å². The van der Waals surface area contributed by atoms with E-state index in [-0.39, 0.29) is 5.91 Å². The number of nitrogens with zero attached hydrogens (tertiary/aromatic N) is 1. The molecule has 0 aliphatic carbocycles. The molecule has 4 heteroatoms. The Morgan fingerprint density at radius 1 is 1.32 bits per heavy atom. The van der Waals surface area contributed by atoms with Crippen LogP contribution in [0.25, 0.3) is 10.9 Å². The molecule has 1 aliphatic heterocycles. The van der Waals surface area contributed by atoms with Crippen molar-refractivity contribution in [3.8, 4) is 0 Å². The van der Waals surface area contributed by atoms with Gasteiger partial charge in [0.05, 0.1) is 0 Å². The van der Waals surface area contributed by atoms with Gasteiger partial charge in [0.25, 0.3) is 5.91 Å². The minimum Gasteiger partial charge on any atom is -0.361 e. The van der Waals surface area contributed by atoms with Crippen molar-refractivity contribution in [3.05, 3.63) is 36.0 Å². The molecule has 1 aliphatic rings. The highest BCUT2D eigenvalue weighted by atomic mass is 16.2. The van der Waals surface area contributed by atoms with E-state index < -0.39 is 0 Å². The summed E-state index contributed by atoms with van der Waals surface area (Å²) in [5.74, 6) is 0.144. The Hall–Kier alpha value is -1.81. The van der Waals surface area contributed by atoms with E-state index in [1.54, 1.807) is 0 Å². The minimum atomic E-state index is 0.144. The first-order valence-electron chi connectivity index (χ1n) is 6.81. The molecule has 0 saturated carbocycles. The molecule has 4 nitrogen and oxygen atoms in total. The van der Waals surface area contributed by atoms with Crippen LogP contribution in [-0.2, 0) is 0 Å². The molecule has 2 aromatic rings. The quantitative estimate of drug-likeness (QED) is 0.864. The van der Waals surface area contributed by atoms with Crippen molar-refractivity contribution in [2.45, 2.75) is 18.9 Å². The summed E-state index contributed by atoms with van der Waals surface area (Å²) in [7, 11) is 1.99. The molecule has 0 bridgehead atoms. The molecule has 2 N–H and O–H groups in total. The second-order valence-electron chi connectivity index (χ2n) is 5.13. The van der Waals surface area contributed by atoms with Crippen molar-refractivity contribution in [2.24, 2.45) is 0 Å². The van der Waals surface area contributed by atoms with E-state index in [9.17, 15) is 4.79 Å². The van der Waals surface area contributed by atoms with Gasteiger partial charge in [0.1, 0.15) is 0 Å². The highest BCUT2D eigenvalue weighted by Gasteiger charge is 2.22. The third kappa shape index (κ3) is 2.36. The van der Waals surface area contributed by atoms with Crippen molar-refractivity contribution in [1.82, 2.24) is 15.2 Å². The summed E-state index contributed by atoms with van der Waals surface area (Å²) >= 11 is 0. The Morgan fingerprint density at radius 3 is 2.84 bits per heavy atom. The Bertz CT molecular complexity index is 582. The lowest BCUT2D eigenvalue weighted by molar-refractivity contribution is 0.0707. The number of hydrogen-bond donors (Lipinski definition) is 2. The van der Waals surface area contributed by atoms with Crippen molar-refractivity contribution in [3.63, 3.8) is 0 Å². The van der Waals surface area contributed by atoms with E-state index in [4.69, 9.17) is 0 Å². The molecule has 100 valence electrons.